The van der Waals surface area contributed by atoms with Gasteiger partial charge in [0.2, 0.25) is 0 Å². The van der Waals surface area contributed by atoms with Crippen LogP contribution < -0.4 is 5.32 Å². The van der Waals surface area contributed by atoms with Crippen LogP contribution in [0.25, 0.3) is 0 Å². The fourth-order valence-electron chi connectivity index (χ4n) is 2.20. The van der Waals surface area contributed by atoms with Crippen molar-refractivity contribution in [2.75, 3.05) is 0 Å². The summed E-state index contributed by atoms with van der Waals surface area (Å²) in [5.74, 6) is 1.82. The van der Waals surface area contributed by atoms with Gasteiger partial charge in [0, 0.05) is 25.4 Å². The minimum absolute atomic E-state index is 0.167. The van der Waals surface area contributed by atoms with Crippen molar-refractivity contribution >= 4 is 6.03 Å². The maximum atomic E-state index is 11.9. The van der Waals surface area contributed by atoms with Crippen molar-refractivity contribution in [3.63, 3.8) is 0 Å². The Balaban J connectivity index is 1.75. The monoisotopic (exact) mass is 246 g/mol. The van der Waals surface area contributed by atoms with E-state index in [1.54, 1.807) is 12.4 Å². The fraction of sp³-hybridized carbons (Fsp3) is 0.455. The number of imidazole rings is 1. The van der Waals surface area contributed by atoms with E-state index >= 15 is 0 Å². The standard InChI is InChI=1S/C11H14N6O/c1-8(13-11(18)16-6-4-12-7-16)10-15-14-9-3-2-5-17(9)10/h4,6-8H,2-3,5H2,1H3,(H,13,18). The molecule has 1 N–H and O–H groups in total. The summed E-state index contributed by atoms with van der Waals surface area (Å²) in [7, 11) is 0. The summed E-state index contributed by atoms with van der Waals surface area (Å²) in [6, 6.07) is -0.380. The van der Waals surface area contributed by atoms with Crippen molar-refractivity contribution in [2.24, 2.45) is 0 Å². The van der Waals surface area contributed by atoms with Crippen molar-refractivity contribution in [1.82, 2.24) is 29.6 Å². The van der Waals surface area contributed by atoms with Gasteiger partial charge in [-0.05, 0) is 13.3 Å². The molecule has 7 heteroatoms. The van der Waals surface area contributed by atoms with Crippen LogP contribution in [0.4, 0.5) is 4.79 Å². The van der Waals surface area contributed by atoms with Crippen molar-refractivity contribution in [3.8, 4) is 0 Å². The third kappa shape index (κ3) is 1.77. The Morgan fingerprint density at radius 2 is 2.39 bits per heavy atom. The normalized spacial score (nSPS) is 15.4. The van der Waals surface area contributed by atoms with E-state index in [2.05, 4.69) is 25.1 Å². The molecule has 0 aliphatic carbocycles. The summed E-state index contributed by atoms with van der Waals surface area (Å²) >= 11 is 0. The summed E-state index contributed by atoms with van der Waals surface area (Å²) in [5.41, 5.74) is 0. The van der Waals surface area contributed by atoms with Gasteiger partial charge in [0.25, 0.3) is 0 Å². The second-order valence-electron chi connectivity index (χ2n) is 4.37. The quantitative estimate of drug-likeness (QED) is 0.847. The predicted octanol–water partition coefficient (Wildman–Crippen LogP) is 0.740. The average molecular weight is 246 g/mol. The Morgan fingerprint density at radius 1 is 1.50 bits per heavy atom. The molecular weight excluding hydrogens is 232 g/mol. The van der Waals surface area contributed by atoms with Crippen molar-refractivity contribution in [2.45, 2.75) is 32.4 Å². The molecule has 0 fully saturated rings. The fourth-order valence-corrected chi connectivity index (χ4v) is 2.20. The molecule has 0 radical (unpaired) electrons. The number of hydrogen-bond acceptors (Lipinski definition) is 4. The zero-order valence-electron chi connectivity index (χ0n) is 10.1. The topological polar surface area (TPSA) is 77.6 Å². The highest BCUT2D eigenvalue weighted by Crippen LogP contribution is 2.18. The molecule has 1 atom stereocenters. The van der Waals surface area contributed by atoms with E-state index in [1.807, 2.05) is 6.92 Å². The number of carbonyl (C=O) groups excluding carboxylic acids is 1. The molecule has 0 bridgehead atoms. The van der Waals surface area contributed by atoms with Crippen LogP contribution >= 0.6 is 0 Å². The molecule has 94 valence electrons. The molecule has 1 amide bonds. The molecule has 3 rings (SSSR count). The number of aryl methyl sites for hydroxylation is 1. The number of fused-ring (bicyclic) bond motifs is 1. The van der Waals surface area contributed by atoms with E-state index < -0.39 is 0 Å². The second-order valence-corrected chi connectivity index (χ2v) is 4.37. The van der Waals surface area contributed by atoms with Gasteiger partial charge in [-0.2, -0.15) is 0 Å². The van der Waals surface area contributed by atoms with Gasteiger partial charge in [0.15, 0.2) is 5.82 Å². The zero-order valence-corrected chi connectivity index (χ0v) is 10.1. The number of amides is 1. The molecule has 18 heavy (non-hydrogen) atoms. The average Bonchev–Trinajstić information content (AvgIpc) is 3.06. The van der Waals surface area contributed by atoms with E-state index in [1.165, 1.54) is 10.9 Å². The maximum absolute atomic E-state index is 11.9. The first-order valence-corrected chi connectivity index (χ1v) is 5.96. The minimum atomic E-state index is -0.213. The molecule has 1 unspecified atom stereocenters. The molecule has 3 heterocycles. The van der Waals surface area contributed by atoms with Gasteiger partial charge in [-0.25, -0.2) is 9.78 Å². The highest BCUT2D eigenvalue weighted by Gasteiger charge is 2.22. The molecule has 7 nitrogen and oxygen atoms in total. The summed E-state index contributed by atoms with van der Waals surface area (Å²) in [4.78, 5) is 15.7. The number of carbonyl (C=O) groups is 1. The van der Waals surface area contributed by atoms with E-state index in [0.29, 0.717) is 0 Å². The van der Waals surface area contributed by atoms with Crippen molar-refractivity contribution < 1.29 is 4.79 Å². The van der Waals surface area contributed by atoms with Gasteiger partial charge in [-0.15, -0.1) is 10.2 Å². The summed E-state index contributed by atoms with van der Waals surface area (Å²) in [6.45, 7) is 2.84. The van der Waals surface area contributed by atoms with Crippen LogP contribution in [0.5, 0.6) is 0 Å². The number of aromatic nitrogens is 5. The molecule has 2 aromatic rings. The Hall–Kier alpha value is -2.18. The minimum Gasteiger partial charge on any atom is -0.328 e. The van der Waals surface area contributed by atoms with Crippen LogP contribution in [0.15, 0.2) is 18.7 Å². The van der Waals surface area contributed by atoms with E-state index in [-0.39, 0.29) is 12.1 Å². The van der Waals surface area contributed by atoms with Gasteiger partial charge in [0.05, 0.1) is 6.04 Å². The van der Waals surface area contributed by atoms with Gasteiger partial charge in [0.1, 0.15) is 12.2 Å². The predicted molar refractivity (Wildman–Crippen MR) is 62.9 cm³/mol. The lowest BCUT2D eigenvalue weighted by atomic mass is 10.3. The van der Waals surface area contributed by atoms with E-state index in [4.69, 9.17) is 0 Å². The maximum Gasteiger partial charge on any atom is 0.327 e. The van der Waals surface area contributed by atoms with Gasteiger partial charge in [-0.3, -0.25) is 4.57 Å². The molecule has 0 spiro atoms. The SMILES string of the molecule is CC(NC(=O)n1ccnc1)c1nnc2n1CCC2. The van der Waals surface area contributed by atoms with Gasteiger partial charge < -0.3 is 9.88 Å². The van der Waals surface area contributed by atoms with Crippen LogP contribution in [0.3, 0.4) is 0 Å². The van der Waals surface area contributed by atoms with Crippen LogP contribution in [0.2, 0.25) is 0 Å². The molecule has 0 saturated carbocycles. The number of hydrogen-bond donors (Lipinski definition) is 1. The summed E-state index contributed by atoms with van der Waals surface area (Å²) in [5, 5.41) is 11.2. The lowest BCUT2D eigenvalue weighted by molar-refractivity contribution is 0.238. The van der Waals surface area contributed by atoms with Crippen LogP contribution in [-0.2, 0) is 13.0 Å². The third-order valence-corrected chi connectivity index (χ3v) is 3.10. The first-order valence-electron chi connectivity index (χ1n) is 5.96. The zero-order chi connectivity index (χ0) is 12.5. The molecule has 0 aromatic carbocycles. The Labute approximate surface area is 104 Å². The number of nitrogens with zero attached hydrogens (tertiary/aromatic N) is 5. The van der Waals surface area contributed by atoms with Crippen molar-refractivity contribution in [1.29, 1.82) is 0 Å². The Morgan fingerprint density at radius 3 is 3.17 bits per heavy atom. The summed E-state index contributed by atoms with van der Waals surface area (Å²) in [6.07, 6.45) is 6.71. The van der Waals surface area contributed by atoms with E-state index in [0.717, 1.165) is 31.0 Å². The Bertz CT molecular complexity index is 558. The third-order valence-electron chi connectivity index (χ3n) is 3.10. The van der Waals surface area contributed by atoms with Crippen LogP contribution in [-0.4, -0.2) is 30.3 Å². The van der Waals surface area contributed by atoms with Gasteiger partial charge in [-0.1, -0.05) is 0 Å². The summed E-state index contributed by atoms with van der Waals surface area (Å²) < 4.78 is 3.48. The second kappa shape index (κ2) is 4.25. The van der Waals surface area contributed by atoms with E-state index in [9.17, 15) is 4.79 Å². The highest BCUT2D eigenvalue weighted by atomic mass is 16.2. The highest BCUT2D eigenvalue weighted by molar-refractivity contribution is 5.76. The van der Waals surface area contributed by atoms with Crippen LogP contribution in [0.1, 0.15) is 31.0 Å². The van der Waals surface area contributed by atoms with Crippen molar-refractivity contribution in [3.05, 3.63) is 30.4 Å². The first-order chi connectivity index (χ1) is 8.75. The molecule has 1 aliphatic rings. The smallest absolute Gasteiger partial charge is 0.327 e. The molecule has 0 saturated heterocycles. The first kappa shape index (κ1) is 10.9. The largest absolute Gasteiger partial charge is 0.328 e. The van der Waals surface area contributed by atoms with Gasteiger partial charge >= 0.3 is 6.03 Å². The molecule has 1 aliphatic heterocycles. The van der Waals surface area contributed by atoms with Crippen LogP contribution in [0, 0.1) is 0 Å². The molecular formula is C11H14N6O. The number of nitrogens with one attached hydrogen (secondary N) is 1. The Kier molecular flexibility index (Phi) is 2.58. The lowest BCUT2D eigenvalue weighted by Crippen LogP contribution is -2.31. The molecule has 2 aromatic heterocycles. The number of rotatable bonds is 2. The lowest BCUT2D eigenvalue weighted by Gasteiger charge is -2.13.